The van der Waals surface area contributed by atoms with Crippen molar-refractivity contribution in [2.45, 2.75) is 15.9 Å². The van der Waals surface area contributed by atoms with Crippen molar-refractivity contribution < 1.29 is 9.53 Å². The molecule has 2 heterocycles. The molecule has 6 heteroatoms. The van der Waals surface area contributed by atoms with Crippen LogP contribution in [-0.4, -0.2) is 17.6 Å². The normalized spacial score (nSPS) is 19.7. The number of para-hydroxylation sites is 1. The Labute approximate surface area is 219 Å². The second-order valence-electron chi connectivity index (χ2n) is 8.52. The van der Waals surface area contributed by atoms with Gasteiger partial charge in [0.2, 0.25) is 5.04 Å². The average molecular weight is 509 g/mol. The number of carbonyl (C=O) groups excluding carboxylic acids is 1. The molecule has 6 rings (SSSR count). The highest BCUT2D eigenvalue weighted by Gasteiger charge is 2.61. The summed E-state index contributed by atoms with van der Waals surface area (Å²) in [5.41, 5.74) is 5.61. The number of hydrogen-bond acceptors (Lipinski definition) is 6. The average Bonchev–Trinajstić information content (AvgIpc) is 3.48. The smallest absolute Gasteiger partial charge is 0.365 e. The summed E-state index contributed by atoms with van der Waals surface area (Å²) >= 11 is 3.28. The van der Waals surface area contributed by atoms with Gasteiger partial charge in [-0.05, 0) is 35.7 Å². The number of carbonyl (C=O) groups is 1. The van der Waals surface area contributed by atoms with E-state index in [4.69, 9.17) is 9.84 Å². The molecule has 0 bridgehead atoms. The quantitative estimate of drug-likeness (QED) is 0.273. The fourth-order valence-corrected chi connectivity index (χ4v) is 8.54. The van der Waals surface area contributed by atoms with Gasteiger partial charge in [-0.2, -0.15) is 5.10 Å². The minimum atomic E-state index is -0.703. The molecule has 1 atom stereocenters. The molecule has 0 radical (unpaired) electrons. The zero-order valence-corrected chi connectivity index (χ0v) is 21.3. The van der Waals surface area contributed by atoms with Gasteiger partial charge in [0.15, 0.2) is 4.20 Å². The topological polar surface area (TPSA) is 41.9 Å². The molecule has 4 nitrogen and oxygen atoms in total. The lowest BCUT2D eigenvalue weighted by atomic mass is 9.82. The number of anilines is 1. The molecule has 1 spiro atoms. The van der Waals surface area contributed by atoms with Crippen molar-refractivity contribution in [1.82, 2.24) is 0 Å². The number of rotatable bonds is 5. The summed E-state index contributed by atoms with van der Waals surface area (Å²) in [6.45, 7) is 2.12. The molecule has 36 heavy (non-hydrogen) atoms. The van der Waals surface area contributed by atoms with Gasteiger partial charge in [0.05, 0.1) is 17.0 Å². The Morgan fingerprint density at radius 2 is 1.31 bits per heavy atom. The van der Waals surface area contributed by atoms with E-state index in [-0.39, 0.29) is 0 Å². The number of benzene rings is 4. The lowest BCUT2D eigenvalue weighted by Gasteiger charge is -2.37. The molecule has 4 aromatic rings. The van der Waals surface area contributed by atoms with Crippen LogP contribution in [0, 0.1) is 0 Å². The summed E-state index contributed by atoms with van der Waals surface area (Å²) in [5.74, 6) is -0.393. The molecular weight excluding hydrogens is 484 g/mol. The van der Waals surface area contributed by atoms with E-state index in [2.05, 4.69) is 72.8 Å². The van der Waals surface area contributed by atoms with Gasteiger partial charge >= 0.3 is 5.97 Å². The summed E-state index contributed by atoms with van der Waals surface area (Å²) in [6, 6.07) is 39.8. The van der Waals surface area contributed by atoms with Crippen LogP contribution in [0.1, 0.15) is 29.2 Å². The SMILES string of the molecule is CCOC(=O)C1=NN(c2ccccc2)[C@]2(S1)SC(c1ccccc1)(c1ccccc1)c1ccccc12. The molecule has 0 fully saturated rings. The van der Waals surface area contributed by atoms with Crippen LogP contribution in [0.25, 0.3) is 0 Å². The maximum atomic E-state index is 13.0. The number of esters is 1. The van der Waals surface area contributed by atoms with Crippen molar-refractivity contribution in [3.63, 3.8) is 0 Å². The van der Waals surface area contributed by atoms with Crippen LogP contribution >= 0.6 is 23.5 Å². The maximum absolute atomic E-state index is 13.0. The molecule has 0 aromatic heterocycles. The number of ether oxygens (including phenoxy) is 1. The molecule has 0 aliphatic carbocycles. The first-order valence-corrected chi connectivity index (χ1v) is 13.5. The number of thioether (sulfide) groups is 2. The number of nitrogens with zero attached hydrogens (tertiary/aromatic N) is 2. The predicted octanol–water partition coefficient (Wildman–Crippen LogP) is 6.97. The fraction of sp³-hybridized carbons (Fsp3) is 0.133. The van der Waals surface area contributed by atoms with Crippen LogP contribution in [0.15, 0.2) is 120 Å². The Hall–Kier alpha value is -3.48. The van der Waals surface area contributed by atoms with E-state index in [1.807, 2.05) is 66.2 Å². The van der Waals surface area contributed by atoms with Gasteiger partial charge in [0, 0.05) is 5.56 Å². The lowest BCUT2D eigenvalue weighted by Crippen LogP contribution is -2.34. The fourth-order valence-electron chi connectivity index (χ4n) is 4.98. The highest BCUT2D eigenvalue weighted by Crippen LogP contribution is 2.70. The van der Waals surface area contributed by atoms with Crippen LogP contribution in [0.3, 0.4) is 0 Å². The summed E-state index contributed by atoms with van der Waals surface area (Å²) in [6.07, 6.45) is 0. The lowest BCUT2D eigenvalue weighted by molar-refractivity contribution is -0.134. The molecule has 178 valence electrons. The molecule has 0 amide bonds. The van der Waals surface area contributed by atoms with Crippen molar-refractivity contribution in [2.75, 3.05) is 11.6 Å². The van der Waals surface area contributed by atoms with E-state index in [0.717, 1.165) is 11.3 Å². The Morgan fingerprint density at radius 3 is 1.89 bits per heavy atom. The highest BCUT2D eigenvalue weighted by molar-refractivity contribution is 8.27. The van der Waals surface area contributed by atoms with Gasteiger partial charge in [-0.3, -0.25) is 0 Å². The van der Waals surface area contributed by atoms with Gasteiger partial charge in [0.25, 0.3) is 0 Å². The van der Waals surface area contributed by atoms with Gasteiger partial charge in [-0.25, -0.2) is 9.80 Å². The van der Waals surface area contributed by atoms with Crippen molar-refractivity contribution in [3.05, 3.63) is 138 Å². The molecule has 2 aliphatic heterocycles. The second kappa shape index (κ2) is 9.19. The van der Waals surface area contributed by atoms with E-state index in [1.165, 1.54) is 28.5 Å². The third-order valence-electron chi connectivity index (χ3n) is 6.45. The summed E-state index contributed by atoms with van der Waals surface area (Å²) in [5, 5.41) is 7.24. The third-order valence-corrected chi connectivity index (χ3v) is 9.73. The first-order valence-electron chi connectivity index (χ1n) is 11.9. The van der Waals surface area contributed by atoms with Crippen LogP contribution in [0.4, 0.5) is 5.69 Å². The van der Waals surface area contributed by atoms with Gasteiger partial charge in [-0.1, -0.05) is 127 Å². The highest BCUT2D eigenvalue weighted by atomic mass is 32.2. The van der Waals surface area contributed by atoms with Crippen molar-refractivity contribution in [2.24, 2.45) is 5.10 Å². The van der Waals surface area contributed by atoms with Gasteiger partial charge in [-0.15, -0.1) is 0 Å². The zero-order chi connectivity index (χ0) is 24.6. The Kier molecular flexibility index (Phi) is 5.86. The molecule has 0 saturated carbocycles. The molecule has 0 N–H and O–H groups in total. The Bertz CT molecular complexity index is 1390. The number of fused-ring (bicyclic) bond motifs is 2. The van der Waals surface area contributed by atoms with Crippen LogP contribution in [-0.2, 0) is 18.5 Å². The molecule has 0 unspecified atom stereocenters. The van der Waals surface area contributed by atoms with Gasteiger partial charge in [0.1, 0.15) is 0 Å². The van der Waals surface area contributed by atoms with E-state index in [9.17, 15) is 4.79 Å². The largest absolute Gasteiger partial charge is 0.461 e. The van der Waals surface area contributed by atoms with E-state index < -0.39 is 14.9 Å². The summed E-state index contributed by atoms with van der Waals surface area (Å²) in [4.78, 5) is 13.0. The molecule has 2 aliphatic rings. The summed E-state index contributed by atoms with van der Waals surface area (Å²) in [7, 11) is 0. The first-order chi connectivity index (χ1) is 17.7. The molecule has 4 aromatic carbocycles. The molecule has 0 saturated heterocycles. The standard InChI is InChI=1S/C30H24N2O2S2/c1-2-34-28(33)27-31-32(24-18-10-5-11-19-24)30(35-27)26-21-13-12-20-25(26)29(36-30,22-14-6-3-7-15-22)23-16-8-4-9-17-23/h3-21H,2H2,1H3/t30-/m1/s1. The first kappa shape index (κ1) is 23.0. The maximum Gasteiger partial charge on any atom is 0.365 e. The minimum absolute atomic E-state index is 0.304. The van der Waals surface area contributed by atoms with E-state index in [1.54, 1.807) is 0 Å². The van der Waals surface area contributed by atoms with Crippen molar-refractivity contribution >= 4 is 40.2 Å². The van der Waals surface area contributed by atoms with Crippen molar-refractivity contribution in [3.8, 4) is 0 Å². The van der Waals surface area contributed by atoms with Crippen LogP contribution in [0.2, 0.25) is 0 Å². The van der Waals surface area contributed by atoms with Gasteiger partial charge < -0.3 is 4.74 Å². The Morgan fingerprint density at radius 1 is 0.778 bits per heavy atom. The zero-order valence-electron chi connectivity index (χ0n) is 19.7. The Balaban J connectivity index is 1.62. The monoisotopic (exact) mass is 508 g/mol. The summed E-state index contributed by atoms with van der Waals surface area (Å²) < 4.78 is 4.19. The van der Waals surface area contributed by atoms with E-state index >= 15 is 0 Å². The molecular formula is C30H24N2O2S2. The predicted molar refractivity (Wildman–Crippen MR) is 149 cm³/mol. The third kappa shape index (κ3) is 3.47. The van der Waals surface area contributed by atoms with Crippen molar-refractivity contribution in [1.29, 1.82) is 0 Å². The van der Waals surface area contributed by atoms with Crippen LogP contribution in [0.5, 0.6) is 0 Å². The minimum Gasteiger partial charge on any atom is -0.461 e. The second-order valence-corrected chi connectivity index (χ2v) is 11.4. The number of hydrogen-bond donors (Lipinski definition) is 0. The van der Waals surface area contributed by atoms with Crippen LogP contribution < -0.4 is 5.01 Å². The van der Waals surface area contributed by atoms with E-state index in [0.29, 0.717) is 11.7 Å². The number of hydrazone groups is 1.